The lowest BCUT2D eigenvalue weighted by molar-refractivity contribution is 0.119. The number of aromatic nitrogens is 1. The van der Waals surface area contributed by atoms with E-state index in [1.165, 1.54) is 0 Å². The van der Waals surface area contributed by atoms with Gasteiger partial charge in [0.15, 0.2) is 5.75 Å². The van der Waals surface area contributed by atoms with Gasteiger partial charge >= 0.3 is 0 Å². The number of hydrogen-bond acceptors (Lipinski definition) is 6. The number of likely N-dealkylation sites (tertiary alicyclic amines) is 1. The lowest BCUT2D eigenvalue weighted by atomic mass is 10.2. The molecule has 6 nitrogen and oxygen atoms in total. The highest BCUT2D eigenvalue weighted by atomic mass is 16.6. The van der Waals surface area contributed by atoms with E-state index in [4.69, 9.17) is 14.2 Å². The first-order chi connectivity index (χ1) is 12.6. The van der Waals surface area contributed by atoms with Gasteiger partial charge in [-0.25, -0.2) is 4.98 Å². The van der Waals surface area contributed by atoms with Crippen molar-refractivity contribution in [3.8, 4) is 11.6 Å². The Morgan fingerprint density at radius 3 is 3.00 bits per heavy atom. The third kappa shape index (κ3) is 3.65. The van der Waals surface area contributed by atoms with Crippen LogP contribution >= 0.6 is 0 Å². The van der Waals surface area contributed by atoms with Crippen LogP contribution in [0.25, 0.3) is 0 Å². The summed E-state index contributed by atoms with van der Waals surface area (Å²) in [7, 11) is 0. The Hall–Kier alpha value is -2.21. The molecule has 3 aliphatic rings. The second-order valence-electron chi connectivity index (χ2n) is 7.27. The van der Waals surface area contributed by atoms with Gasteiger partial charge in [0.1, 0.15) is 25.1 Å². The van der Waals surface area contributed by atoms with Gasteiger partial charge < -0.3 is 19.5 Å². The first-order valence-corrected chi connectivity index (χ1v) is 9.42. The summed E-state index contributed by atoms with van der Waals surface area (Å²) in [6.45, 7) is 9.46. The lowest BCUT2D eigenvalue weighted by Crippen LogP contribution is -2.29. The number of hydrogen-bond donors (Lipinski definition) is 1. The van der Waals surface area contributed by atoms with Crippen molar-refractivity contribution < 1.29 is 14.2 Å². The van der Waals surface area contributed by atoms with Crippen LogP contribution < -0.4 is 14.8 Å². The van der Waals surface area contributed by atoms with Crippen LogP contribution in [0.15, 0.2) is 35.7 Å². The number of fused-ring (bicyclic) bond motifs is 1. The zero-order valence-electron chi connectivity index (χ0n) is 15.7. The summed E-state index contributed by atoms with van der Waals surface area (Å²) in [5.74, 6) is 2.33. The van der Waals surface area contributed by atoms with Crippen LogP contribution in [0, 0.1) is 0 Å². The molecule has 140 valence electrons. The van der Waals surface area contributed by atoms with Crippen molar-refractivity contribution in [2.75, 3.05) is 26.3 Å². The van der Waals surface area contributed by atoms with Crippen LogP contribution in [0.1, 0.15) is 38.9 Å². The van der Waals surface area contributed by atoms with Crippen molar-refractivity contribution in [1.29, 1.82) is 0 Å². The average Bonchev–Trinajstić information content (AvgIpc) is 3.08. The summed E-state index contributed by atoms with van der Waals surface area (Å²) in [5, 5.41) is 3.37. The molecule has 0 amide bonds. The minimum Gasteiger partial charge on any atom is -0.489 e. The Bertz CT molecular complexity index is 731. The van der Waals surface area contributed by atoms with Gasteiger partial charge in [-0.1, -0.05) is 0 Å². The van der Waals surface area contributed by atoms with Gasteiger partial charge in [-0.3, -0.25) is 4.90 Å². The van der Waals surface area contributed by atoms with Crippen molar-refractivity contribution in [3.63, 3.8) is 0 Å². The van der Waals surface area contributed by atoms with E-state index in [-0.39, 0.29) is 12.1 Å². The maximum absolute atomic E-state index is 6.24. The second-order valence-corrected chi connectivity index (χ2v) is 7.27. The number of rotatable bonds is 4. The highest BCUT2D eigenvalue weighted by Gasteiger charge is 2.30. The summed E-state index contributed by atoms with van der Waals surface area (Å²) in [6.07, 6.45) is 5.46. The fourth-order valence-corrected chi connectivity index (χ4v) is 3.78. The number of ether oxygens (including phenoxy) is 3. The molecular weight excluding hydrogens is 330 g/mol. The third-order valence-corrected chi connectivity index (χ3v) is 5.11. The zero-order valence-corrected chi connectivity index (χ0v) is 15.7. The lowest BCUT2D eigenvalue weighted by Gasteiger charge is -2.26. The van der Waals surface area contributed by atoms with Gasteiger partial charge in [-0.05, 0) is 51.5 Å². The van der Waals surface area contributed by atoms with E-state index in [2.05, 4.69) is 48.1 Å². The molecule has 4 rings (SSSR count). The van der Waals surface area contributed by atoms with Gasteiger partial charge in [-0.15, -0.1) is 0 Å². The molecule has 0 saturated carbocycles. The van der Waals surface area contributed by atoms with Crippen LogP contribution in [0.5, 0.6) is 11.6 Å². The SMILES string of the molecule is CC1=CC(O[C@H]2CCN([C@@H](C)c3ccc4c(n3)OCCO4)C2)=CC(C)N1. The minimum absolute atomic E-state index is 0.218. The first-order valence-electron chi connectivity index (χ1n) is 9.42. The summed E-state index contributed by atoms with van der Waals surface area (Å²) >= 11 is 0. The monoisotopic (exact) mass is 357 g/mol. The fraction of sp³-hybridized carbons (Fsp3) is 0.550. The van der Waals surface area contributed by atoms with Gasteiger partial charge in [0.25, 0.3) is 5.88 Å². The highest BCUT2D eigenvalue weighted by Crippen LogP contribution is 2.32. The van der Waals surface area contributed by atoms with Gasteiger partial charge in [0.2, 0.25) is 0 Å². The highest BCUT2D eigenvalue weighted by molar-refractivity contribution is 5.36. The van der Waals surface area contributed by atoms with Gasteiger partial charge in [0, 0.05) is 30.9 Å². The van der Waals surface area contributed by atoms with E-state index in [0.29, 0.717) is 25.1 Å². The average molecular weight is 357 g/mol. The molecule has 1 unspecified atom stereocenters. The topological polar surface area (TPSA) is 55.9 Å². The summed E-state index contributed by atoms with van der Waals surface area (Å²) in [5.41, 5.74) is 2.17. The Morgan fingerprint density at radius 1 is 1.31 bits per heavy atom. The molecule has 26 heavy (non-hydrogen) atoms. The molecule has 0 radical (unpaired) electrons. The molecule has 1 saturated heterocycles. The molecule has 3 aliphatic heterocycles. The van der Waals surface area contributed by atoms with Crippen molar-refractivity contribution >= 4 is 0 Å². The molecule has 0 aliphatic carbocycles. The minimum atomic E-state index is 0.218. The Balaban J connectivity index is 1.39. The summed E-state index contributed by atoms with van der Waals surface area (Å²) < 4.78 is 17.4. The Kier molecular flexibility index (Phi) is 4.76. The summed E-state index contributed by atoms with van der Waals surface area (Å²) in [6, 6.07) is 4.53. The van der Waals surface area contributed by atoms with Crippen molar-refractivity contribution in [2.45, 2.75) is 45.4 Å². The molecule has 1 aromatic heterocycles. The van der Waals surface area contributed by atoms with E-state index in [0.717, 1.165) is 42.4 Å². The van der Waals surface area contributed by atoms with Gasteiger partial charge in [0.05, 0.1) is 5.69 Å². The Morgan fingerprint density at radius 2 is 2.15 bits per heavy atom. The number of allylic oxidation sites excluding steroid dienone is 2. The van der Waals surface area contributed by atoms with Crippen LogP contribution in [0.3, 0.4) is 0 Å². The molecule has 1 aromatic rings. The molecular formula is C20H27N3O3. The van der Waals surface area contributed by atoms with E-state index in [1.54, 1.807) is 0 Å². The molecule has 0 bridgehead atoms. The van der Waals surface area contributed by atoms with Crippen molar-refractivity contribution in [2.24, 2.45) is 0 Å². The Labute approximate surface area is 154 Å². The number of nitrogens with one attached hydrogen (secondary N) is 1. The number of dihydropyridines is 1. The summed E-state index contributed by atoms with van der Waals surface area (Å²) in [4.78, 5) is 7.08. The molecule has 6 heteroatoms. The fourth-order valence-electron chi connectivity index (χ4n) is 3.78. The maximum Gasteiger partial charge on any atom is 0.257 e. The van der Waals surface area contributed by atoms with Crippen LogP contribution in [-0.2, 0) is 4.74 Å². The second kappa shape index (κ2) is 7.19. The predicted octanol–water partition coefficient (Wildman–Crippen LogP) is 2.78. The van der Waals surface area contributed by atoms with E-state index >= 15 is 0 Å². The zero-order chi connectivity index (χ0) is 18.1. The quantitative estimate of drug-likeness (QED) is 0.894. The normalized spacial score (nSPS) is 26.6. The van der Waals surface area contributed by atoms with E-state index in [1.807, 2.05) is 12.1 Å². The number of nitrogens with zero attached hydrogens (tertiary/aromatic N) is 2. The molecule has 1 N–H and O–H groups in total. The van der Waals surface area contributed by atoms with Crippen molar-refractivity contribution in [3.05, 3.63) is 41.4 Å². The van der Waals surface area contributed by atoms with Crippen LogP contribution in [0.4, 0.5) is 0 Å². The third-order valence-electron chi connectivity index (χ3n) is 5.11. The molecule has 3 atom stereocenters. The van der Waals surface area contributed by atoms with E-state index in [9.17, 15) is 0 Å². The predicted molar refractivity (Wildman–Crippen MR) is 99.1 cm³/mol. The van der Waals surface area contributed by atoms with Crippen molar-refractivity contribution in [1.82, 2.24) is 15.2 Å². The standard InChI is InChI=1S/C20H27N3O3/c1-13-10-17(11-14(2)21-13)26-16-6-7-23(12-16)15(3)18-4-5-19-20(22-18)25-9-8-24-19/h4-5,10-11,13,15-16,21H,6-9,12H2,1-3H3/t13?,15-,16-/m0/s1. The molecule has 4 heterocycles. The van der Waals surface area contributed by atoms with Crippen LogP contribution in [-0.4, -0.2) is 48.3 Å². The smallest absolute Gasteiger partial charge is 0.257 e. The molecule has 0 spiro atoms. The maximum atomic E-state index is 6.24. The number of pyridine rings is 1. The van der Waals surface area contributed by atoms with E-state index < -0.39 is 0 Å². The first kappa shape index (κ1) is 17.2. The molecule has 0 aromatic carbocycles. The largest absolute Gasteiger partial charge is 0.489 e. The van der Waals surface area contributed by atoms with Gasteiger partial charge in [-0.2, -0.15) is 0 Å². The molecule has 1 fully saturated rings. The van der Waals surface area contributed by atoms with Crippen LogP contribution in [0.2, 0.25) is 0 Å².